The molecule has 1 atom stereocenters. The van der Waals surface area contributed by atoms with Crippen molar-refractivity contribution < 1.29 is 14.4 Å². The zero-order chi connectivity index (χ0) is 14.7. The molecule has 2 N–H and O–H groups in total. The van der Waals surface area contributed by atoms with Crippen molar-refractivity contribution in [3.05, 3.63) is 45.8 Å². The van der Waals surface area contributed by atoms with Gasteiger partial charge >= 0.3 is 5.63 Å². The molecule has 0 saturated carbocycles. The first-order chi connectivity index (χ1) is 9.55. The Morgan fingerprint density at radius 3 is 2.71 bits per heavy atom. The Morgan fingerprint density at radius 2 is 2.10 bits per heavy atom. The van der Waals surface area contributed by atoms with Gasteiger partial charge < -0.3 is 4.42 Å². The highest BCUT2D eigenvalue weighted by molar-refractivity contribution is 5.85. The van der Waals surface area contributed by atoms with E-state index in [1.807, 2.05) is 26.0 Å². The third-order valence-corrected chi connectivity index (χ3v) is 3.40. The fourth-order valence-corrected chi connectivity index (χ4v) is 2.18. The summed E-state index contributed by atoms with van der Waals surface area (Å²) < 4.78 is 5.28. The monoisotopic (exact) mass is 311 g/mol. The summed E-state index contributed by atoms with van der Waals surface area (Å²) in [5.41, 5.74) is 3.19. The Balaban J connectivity index is 0.00000220. The molecule has 1 amide bonds. The molecule has 114 valence electrons. The Kier molecular flexibility index (Phi) is 5.93. The van der Waals surface area contributed by atoms with Gasteiger partial charge in [-0.2, -0.15) is 0 Å². The van der Waals surface area contributed by atoms with Crippen LogP contribution in [0.4, 0.5) is 0 Å². The molecule has 1 aromatic heterocycles. The highest BCUT2D eigenvalue weighted by Crippen LogP contribution is 2.17. The molecule has 5 nitrogen and oxygen atoms in total. The van der Waals surface area contributed by atoms with E-state index in [0.717, 1.165) is 10.9 Å². The van der Waals surface area contributed by atoms with Gasteiger partial charge in [0.1, 0.15) is 5.58 Å². The number of benzene rings is 1. The second-order valence-electron chi connectivity index (χ2n) is 4.89. The van der Waals surface area contributed by atoms with Gasteiger partial charge in [-0.1, -0.05) is 19.1 Å². The molecule has 1 aromatic carbocycles. The summed E-state index contributed by atoms with van der Waals surface area (Å²) in [6.45, 7) is 3.75. The Bertz CT molecular complexity index is 696. The topological polar surface area (TPSA) is 79.5 Å². The van der Waals surface area contributed by atoms with E-state index < -0.39 is 17.5 Å². The molecule has 1 unspecified atom stereocenters. The highest BCUT2D eigenvalue weighted by Gasteiger charge is 2.19. The molecule has 21 heavy (non-hydrogen) atoms. The van der Waals surface area contributed by atoms with E-state index in [2.05, 4.69) is 0 Å². The first-order valence-corrected chi connectivity index (χ1v) is 6.52. The molecule has 0 spiro atoms. The van der Waals surface area contributed by atoms with Gasteiger partial charge in [-0.05, 0) is 37.5 Å². The first kappa shape index (κ1) is 17.2. The van der Waals surface area contributed by atoms with Gasteiger partial charge in [0.15, 0.2) is 0 Å². The van der Waals surface area contributed by atoms with E-state index in [4.69, 9.17) is 9.62 Å². The smallest absolute Gasteiger partial charge is 0.339 e. The molecule has 2 aromatic rings. The molecular weight excluding hydrogens is 294 g/mol. The molecule has 0 aliphatic rings. The van der Waals surface area contributed by atoms with E-state index in [0.29, 0.717) is 17.6 Å². The number of rotatable bonds is 4. The summed E-state index contributed by atoms with van der Waals surface area (Å²) in [4.78, 5) is 23.4. The maximum Gasteiger partial charge on any atom is 0.339 e. The molecular formula is C15H18ClNO4. The lowest BCUT2D eigenvalue weighted by molar-refractivity contribution is -0.133. The second-order valence-corrected chi connectivity index (χ2v) is 4.89. The third kappa shape index (κ3) is 3.83. The van der Waals surface area contributed by atoms with Crippen LogP contribution in [0.25, 0.3) is 11.0 Å². The first-order valence-electron chi connectivity index (χ1n) is 6.52. The van der Waals surface area contributed by atoms with Crippen LogP contribution in [-0.4, -0.2) is 11.1 Å². The summed E-state index contributed by atoms with van der Waals surface area (Å²) in [6.07, 6.45) is 0.771. The zero-order valence-corrected chi connectivity index (χ0v) is 12.7. The van der Waals surface area contributed by atoms with Crippen molar-refractivity contribution in [3.8, 4) is 0 Å². The predicted octanol–water partition coefficient (Wildman–Crippen LogP) is 2.60. The summed E-state index contributed by atoms with van der Waals surface area (Å²) in [5, 5.41) is 9.51. The lowest BCUT2D eigenvalue weighted by atomic mass is 9.96. The predicted molar refractivity (Wildman–Crippen MR) is 81.9 cm³/mol. The van der Waals surface area contributed by atoms with Crippen molar-refractivity contribution in [2.24, 2.45) is 5.92 Å². The Hall–Kier alpha value is -1.85. The summed E-state index contributed by atoms with van der Waals surface area (Å²) in [6, 6.07) is 7.36. The number of halogens is 1. The van der Waals surface area contributed by atoms with Gasteiger partial charge in [0.05, 0.1) is 0 Å². The largest absolute Gasteiger partial charge is 0.423 e. The molecule has 0 radical (unpaired) electrons. The molecule has 0 saturated heterocycles. The Morgan fingerprint density at radius 1 is 1.38 bits per heavy atom. The molecule has 0 bridgehead atoms. The van der Waals surface area contributed by atoms with Crippen molar-refractivity contribution in [2.75, 3.05) is 0 Å². The summed E-state index contributed by atoms with van der Waals surface area (Å²) >= 11 is 0. The van der Waals surface area contributed by atoms with Crippen molar-refractivity contribution in [1.29, 1.82) is 0 Å². The van der Waals surface area contributed by atoms with E-state index in [9.17, 15) is 9.59 Å². The normalized spacial score (nSPS) is 11.8. The van der Waals surface area contributed by atoms with Crippen LogP contribution < -0.4 is 11.1 Å². The number of hydrogen-bond acceptors (Lipinski definition) is 4. The maximum atomic E-state index is 11.9. The standard InChI is InChI=1S/C15H17NO4.ClH/c1-3-10(14(17)16-19)7-12-8-11-5-4-9(2)6-13(11)20-15(12)18;/h4-6,8,10,19H,3,7H2,1-2H3,(H,16,17);1H. The van der Waals surface area contributed by atoms with Crippen LogP contribution in [0.2, 0.25) is 0 Å². The number of carbonyl (C=O) groups excluding carboxylic acids is 1. The average molecular weight is 312 g/mol. The number of hydrogen-bond donors (Lipinski definition) is 2. The van der Waals surface area contributed by atoms with Crippen LogP contribution in [0.15, 0.2) is 33.5 Å². The summed E-state index contributed by atoms with van der Waals surface area (Å²) in [5.74, 6) is -0.943. The van der Waals surface area contributed by atoms with E-state index in [-0.39, 0.29) is 18.8 Å². The van der Waals surface area contributed by atoms with E-state index >= 15 is 0 Å². The number of nitrogens with one attached hydrogen (secondary N) is 1. The van der Waals surface area contributed by atoms with Gasteiger partial charge in [-0.25, -0.2) is 10.3 Å². The van der Waals surface area contributed by atoms with Crippen molar-refractivity contribution in [3.63, 3.8) is 0 Å². The maximum absolute atomic E-state index is 11.9. The van der Waals surface area contributed by atoms with Crippen LogP contribution in [0, 0.1) is 12.8 Å². The van der Waals surface area contributed by atoms with Crippen molar-refractivity contribution in [2.45, 2.75) is 26.7 Å². The number of hydroxylamine groups is 1. The zero-order valence-electron chi connectivity index (χ0n) is 11.9. The molecule has 1 heterocycles. The fraction of sp³-hybridized carbons (Fsp3) is 0.333. The molecule has 0 aliphatic carbocycles. The van der Waals surface area contributed by atoms with Crippen LogP contribution in [-0.2, 0) is 11.2 Å². The molecule has 0 aliphatic heterocycles. The molecule has 6 heteroatoms. The van der Waals surface area contributed by atoms with Crippen molar-refractivity contribution >= 4 is 29.3 Å². The van der Waals surface area contributed by atoms with Gasteiger partial charge in [-0.15, -0.1) is 12.4 Å². The van der Waals surface area contributed by atoms with Gasteiger partial charge in [0.2, 0.25) is 5.91 Å². The second kappa shape index (κ2) is 7.24. The fourth-order valence-electron chi connectivity index (χ4n) is 2.18. The minimum atomic E-state index is -0.490. The highest BCUT2D eigenvalue weighted by atomic mass is 35.5. The minimum Gasteiger partial charge on any atom is -0.423 e. The number of amides is 1. The molecule has 0 fully saturated rings. The minimum absolute atomic E-state index is 0. The quantitative estimate of drug-likeness (QED) is 0.517. The SMILES string of the molecule is CCC(Cc1cc2ccc(C)cc2oc1=O)C(=O)NO.Cl. The Labute approximate surface area is 128 Å². The summed E-state index contributed by atoms with van der Waals surface area (Å²) in [7, 11) is 0. The van der Waals surface area contributed by atoms with Gasteiger partial charge in [0, 0.05) is 16.9 Å². The van der Waals surface area contributed by atoms with Crippen molar-refractivity contribution in [1.82, 2.24) is 5.48 Å². The van der Waals surface area contributed by atoms with Gasteiger partial charge in [-0.3, -0.25) is 10.0 Å². The van der Waals surface area contributed by atoms with Gasteiger partial charge in [0.25, 0.3) is 0 Å². The third-order valence-electron chi connectivity index (χ3n) is 3.40. The van der Waals surface area contributed by atoms with Crippen LogP contribution in [0.1, 0.15) is 24.5 Å². The lowest BCUT2D eigenvalue weighted by Gasteiger charge is -2.11. The average Bonchev–Trinajstić information content (AvgIpc) is 2.44. The number of fused-ring (bicyclic) bond motifs is 1. The van der Waals surface area contributed by atoms with E-state index in [1.165, 1.54) is 0 Å². The van der Waals surface area contributed by atoms with Crippen LogP contribution in [0.3, 0.4) is 0 Å². The number of aryl methyl sites for hydroxylation is 1. The van der Waals surface area contributed by atoms with Crippen LogP contribution in [0.5, 0.6) is 0 Å². The van der Waals surface area contributed by atoms with Crippen LogP contribution >= 0.6 is 12.4 Å². The number of carbonyl (C=O) groups is 1. The molecule has 2 rings (SSSR count). The lowest BCUT2D eigenvalue weighted by Crippen LogP contribution is -2.30. The van der Waals surface area contributed by atoms with E-state index in [1.54, 1.807) is 17.6 Å².